The predicted octanol–water partition coefficient (Wildman–Crippen LogP) is 2.48. The van der Waals surface area contributed by atoms with Gasteiger partial charge in [-0.1, -0.05) is 24.3 Å². The lowest BCUT2D eigenvalue weighted by Crippen LogP contribution is -2.10. The molecule has 0 fully saturated rings. The van der Waals surface area contributed by atoms with Crippen molar-refractivity contribution in [2.24, 2.45) is 5.73 Å². The fourth-order valence-corrected chi connectivity index (χ4v) is 1.94. The van der Waals surface area contributed by atoms with Crippen molar-refractivity contribution in [1.82, 2.24) is 0 Å². The second kappa shape index (κ2) is 6.58. The fraction of sp³-hybridized carbons (Fsp3) is 0.0588. The minimum atomic E-state index is -0.477. The Morgan fingerprint density at radius 1 is 1.14 bits per heavy atom. The lowest BCUT2D eigenvalue weighted by Gasteiger charge is -2.06. The van der Waals surface area contributed by atoms with E-state index in [0.717, 1.165) is 5.56 Å². The van der Waals surface area contributed by atoms with E-state index >= 15 is 0 Å². The van der Waals surface area contributed by atoms with Crippen LogP contribution in [-0.2, 0) is 0 Å². The first-order chi connectivity index (χ1) is 10.5. The number of aromatic hydroxyl groups is 1. The molecule has 1 amide bonds. The number of primary amides is 1. The van der Waals surface area contributed by atoms with Gasteiger partial charge in [0.15, 0.2) is 17.8 Å². The summed E-state index contributed by atoms with van der Waals surface area (Å²) in [5.41, 5.74) is 7.34. The highest BCUT2D eigenvalue weighted by molar-refractivity contribution is 5.93. The van der Waals surface area contributed by atoms with Crippen molar-refractivity contribution < 1.29 is 19.4 Å². The van der Waals surface area contributed by atoms with Gasteiger partial charge in [-0.15, -0.1) is 0 Å². The van der Waals surface area contributed by atoms with Crippen LogP contribution in [0.5, 0.6) is 11.5 Å². The Kier molecular flexibility index (Phi) is 4.58. The van der Waals surface area contributed by atoms with Gasteiger partial charge in [-0.25, -0.2) is 0 Å². The standard InChI is InChI=1S/C17H15NO4/c1-22-15-9-12(8-14(10-19)16(15)20)3-2-11-4-6-13(7-5-11)17(18)21/h2-10,20H,1H3,(H2,18,21)/b3-2+. The lowest BCUT2D eigenvalue weighted by molar-refractivity contribution is 0.0999. The number of phenols is 1. The summed E-state index contributed by atoms with van der Waals surface area (Å²) >= 11 is 0. The Morgan fingerprint density at radius 2 is 1.77 bits per heavy atom. The Labute approximate surface area is 127 Å². The third-order valence-electron chi connectivity index (χ3n) is 3.14. The Bertz CT molecular complexity index is 733. The molecule has 0 aliphatic rings. The van der Waals surface area contributed by atoms with Gasteiger partial charge in [-0.05, 0) is 35.4 Å². The van der Waals surface area contributed by atoms with E-state index in [0.29, 0.717) is 17.4 Å². The molecule has 0 spiro atoms. The maximum atomic E-state index is 11.0. The molecule has 0 atom stereocenters. The van der Waals surface area contributed by atoms with E-state index in [4.69, 9.17) is 10.5 Å². The molecular formula is C17H15NO4. The SMILES string of the molecule is COc1cc(/C=C/c2ccc(C(N)=O)cc2)cc(C=O)c1O. The molecule has 5 heteroatoms. The number of hydrogen-bond acceptors (Lipinski definition) is 4. The number of methoxy groups -OCH3 is 1. The van der Waals surface area contributed by atoms with E-state index in [9.17, 15) is 14.7 Å². The van der Waals surface area contributed by atoms with Crippen LogP contribution in [0, 0.1) is 0 Å². The van der Waals surface area contributed by atoms with E-state index in [-0.39, 0.29) is 17.1 Å². The summed E-state index contributed by atoms with van der Waals surface area (Å²) in [5, 5.41) is 9.76. The molecule has 3 N–H and O–H groups in total. The van der Waals surface area contributed by atoms with Gasteiger partial charge in [0.05, 0.1) is 12.7 Å². The van der Waals surface area contributed by atoms with Crippen molar-refractivity contribution in [2.45, 2.75) is 0 Å². The van der Waals surface area contributed by atoms with Gasteiger partial charge in [-0.3, -0.25) is 9.59 Å². The largest absolute Gasteiger partial charge is 0.504 e. The highest BCUT2D eigenvalue weighted by atomic mass is 16.5. The first-order valence-corrected chi connectivity index (χ1v) is 6.49. The number of ether oxygens (including phenoxy) is 1. The van der Waals surface area contributed by atoms with Crippen molar-refractivity contribution in [2.75, 3.05) is 7.11 Å². The van der Waals surface area contributed by atoms with Crippen LogP contribution in [0.1, 0.15) is 31.8 Å². The average Bonchev–Trinajstić information content (AvgIpc) is 2.54. The Hall–Kier alpha value is -3.08. The molecule has 0 bridgehead atoms. The minimum Gasteiger partial charge on any atom is -0.504 e. The predicted molar refractivity (Wildman–Crippen MR) is 83.9 cm³/mol. The zero-order valence-corrected chi connectivity index (χ0v) is 11.9. The number of rotatable bonds is 5. The van der Waals surface area contributed by atoms with Crippen molar-refractivity contribution >= 4 is 24.3 Å². The highest BCUT2D eigenvalue weighted by Crippen LogP contribution is 2.31. The summed E-state index contributed by atoms with van der Waals surface area (Å²) in [6.45, 7) is 0. The highest BCUT2D eigenvalue weighted by Gasteiger charge is 2.08. The smallest absolute Gasteiger partial charge is 0.248 e. The van der Waals surface area contributed by atoms with Gasteiger partial charge in [0.2, 0.25) is 5.91 Å². The number of hydrogen-bond donors (Lipinski definition) is 2. The Balaban J connectivity index is 2.29. The maximum absolute atomic E-state index is 11.0. The van der Waals surface area contributed by atoms with Gasteiger partial charge < -0.3 is 15.6 Å². The number of carbonyl (C=O) groups is 2. The zero-order valence-electron chi connectivity index (χ0n) is 11.9. The number of benzene rings is 2. The van der Waals surface area contributed by atoms with Crippen LogP contribution in [0.4, 0.5) is 0 Å². The van der Waals surface area contributed by atoms with E-state index in [1.54, 1.807) is 42.5 Å². The molecule has 2 aromatic rings. The quantitative estimate of drug-likeness (QED) is 0.655. The van der Waals surface area contributed by atoms with Gasteiger partial charge in [-0.2, -0.15) is 0 Å². The molecule has 2 rings (SSSR count). The van der Waals surface area contributed by atoms with E-state index < -0.39 is 5.91 Å². The molecule has 22 heavy (non-hydrogen) atoms. The minimum absolute atomic E-state index is 0.156. The summed E-state index contributed by atoms with van der Waals surface area (Å²) in [6, 6.07) is 9.96. The summed E-state index contributed by atoms with van der Waals surface area (Å²) in [4.78, 5) is 21.9. The van der Waals surface area contributed by atoms with Crippen LogP contribution < -0.4 is 10.5 Å². The molecule has 0 aromatic heterocycles. The molecule has 0 aliphatic carbocycles. The van der Waals surface area contributed by atoms with Gasteiger partial charge in [0.25, 0.3) is 0 Å². The van der Waals surface area contributed by atoms with E-state index in [1.165, 1.54) is 7.11 Å². The van der Waals surface area contributed by atoms with Crippen molar-refractivity contribution in [3.05, 3.63) is 58.7 Å². The normalized spacial score (nSPS) is 10.6. The lowest BCUT2D eigenvalue weighted by atomic mass is 10.1. The van der Waals surface area contributed by atoms with Crippen LogP contribution in [0.25, 0.3) is 12.2 Å². The van der Waals surface area contributed by atoms with Crippen LogP contribution in [-0.4, -0.2) is 24.4 Å². The molecule has 0 heterocycles. The number of phenolic OH excluding ortho intramolecular Hbond substituents is 1. The maximum Gasteiger partial charge on any atom is 0.248 e. The second-order valence-electron chi connectivity index (χ2n) is 4.60. The summed E-state index contributed by atoms with van der Waals surface area (Å²) in [5.74, 6) is -0.428. The summed E-state index contributed by atoms with van der Waals surface area (Å²) < 4.78 is 5.03. The molecule has 0 radical (unpaired) electrons. The van der Waals surface area contributed by atoms with Gasteiger partial charge in [0.1, 0.15) is 0 Å². The van der Waals surface area contributed by atoms with Crippen molar-refractivity contribution in [1.29, 1.82) is 0 Å². The molecule has 112 valence electrons. The van der Waals surface area contributed by atoms with Gasteiger partial charge >= 0.3 is 0 Å². The molecule has 5 nitrogen and oxygen atoms in total. The summed E-state index contributed by atoms with van der Waals surface area (Å²) in [6.07, 6.45) is 4.15. The zero-order chi connectivity index (χ0) is 16.1. The van der Waals surface area contributed by atoms with E-state index in [2.05, 4.69) is 0 Å². The van der Waals surface area contributed by atoms with Crippen LogP contribution in [0.15, 0.2) is 36.4 Å². The number of amides is 1. The number of carbonyl (C=O) groups excluding carboxylic acids is 2. The molecule has 0 saturated carbocycles. The third kappa shape index (κ3) is 3.32. The number of nitrogens with two attached hydrogens (primary N) is 1. The average molecular weight is 297 g/mol. The monoisotopic (exact) mass is 297 g/mol. The van der Waals surface area contributed by atoms with Crippen LogP contribution in [0.3, 0.4) is 0 Å². The third-order valence-corrected chi connectivity index (χ3v) is 3.14. The molecular weight excluding hydrogens is 282 g/mol. The molecule has 2 aromatic carbocycles. The second-order valence-corrected chi connectivity index (χ2v) is 4.60. The van der Waals surface area contributed by atoms with Gasteiger partial charge in [0, 0.05) is 5.56 Å². The summed E-state index contributed by atoms with van der Waals surface area (Å²) in [7, 11) is 1.42. The van der Waals surface area contributed by atoms with E-state index in [1.807, 2.05) is 6.08 Å². The van der Waals surface area contributed by atoms with Crippen LogP contribution >= 0.6 is 0 Å². The Morgan fingerprint density at radius 3 is 2.32 bits per heavy atom. The first kappa shape index (κ1) is 15.3. The number of aldehydes is 1. The fourth-order valence-electron chi connectivity index (χ4n) is 1.94. The van der Waals surface area contributed by atoms with Crippen molar-refractivity contribution in [3.63, 3.8) is 0 Å². The molecule has 0 aliphatic heterocycles. The van der Waals surface area contributed by atoms with Crippen LogP contribution in [0.2, 0.25) is 0 Å². The first-order valence-electron chi connectivity index (χ1n) is 6.49. The molecule has 0 unspecified atom stereocenters. The topological polar surface area (TPSA) is 89.6 Å². The molecule has 0 saturated heterocycles. The van der Waals surface area contributed by atoms with Crippen molar-refractivity contribution in [3.8, 4) is 11.5 Å².